The van der Waals surface area contributed by atoms with Gasteiger partial charge in [0.05, 0.1) is 29.8 Å². The molecule has 0 aromatic heterocycles. The molecule has 1 heterocycles. The van der Waals surface area contributed by atoms with E-state index in [1.54, 1.807) is 30.3 Å². The fourth-order valence-corrected chi connectivity index (χ4v) is 5.86. The van der Waals surface area contributed by atoms with E-state index in [-0.39, 0.29) is 30.9 Å². The highest BCUT2D eigenvalue weighted by molar-refractivity contribution is 7.89. The molecule has 2 N–H and O–H groups in total. The number of sulfonamides is 1. The van der Waals surface area contributed by atoms with Crippen molar-refractivity contribution in [3.63, 3.8) is 0 Å². The van der Waals surface area contributed by atoms with E-state index >= 15 is 0 Å². The Morgan fingerprint density at radius 1 is 1.26 bits per heavy atom. The van der Waals surface area contributed by atoms with Crippen LogP contribution in [-0.2, 0) is 26.1 Å². The van der Waals surface area contributed by atoms with E-state index in [0.717, 1.165) is 12.1 Å². The van der Waals surface area contributed by atoms with Gasteiger partial charge >= 0.3 is 0 Å². The number of rotatable bonds is 12. The summed E-state index contributed by atoms with van der Waals surface area (Å²) in [7, 11) is -1.88. The minimum Gasteiger partial charge on any atom is -0.489 e. The first kappa shape index (κ1) is 27.8. The van der Waals surface area contributed by atoms with Crippen molar-refractivity contribution in [3.8, 4) is 5.75 Å². The molecule has 3 rings (SSSR count). The molecule has 0 radical (unpaired) electrons. The topological polar surface area (TPSA) is 101 Å². The molecule has 0 bridgehead atoms. The molecule has 1 aliphatic rings. The Morgan fingerprint density at radius 3 is 2.66 bits per heavy atom. The Bertz CT molecular complexity index is 1040. The summed E-state index contributed by atoms with van der Waals surface area (Å²) in [6.45, 7) is 5.79. The zero-order valence-corrected chi connectivity index (χ0v) is 21.8. The number of nitrogens with one attached hydrogen (secondary N) is 1. The molecule has 3 atom stereocenters. The second-order valence-corrected chi connectivity index (χ2v) is 10.9. The number of halogens is 1. The van der Waals surface area contributed by atoms with Gasteiger partial charge in [-0.15, -0.1) is 0 Å². The van der Waals surface area contributed by atoms with E-state index in [2.05, 4.69) is 4.90 Å². The SMILES string of the molecule is CCN(C)C[C@H]1CN(S(=O)(=O)c2ccc(OCc3cccc(Cl)c3)cc2)[C@@H](COCNO)[C@H](C)O1. The van der Waals surface area contributed by atoms with Gasteiger partial charge in [-0.25, -0.2) is 8.42 Å². The maximum atomic E-state index is 13.7. The van der Waals surface area contributed by atoms with Crippen LogP contribution in [0.2, 0.25) is 5.02 Å². The van der Waals surface area contributed by atoms with Crippen LogP contribution in [0.1, 0.15) is 19.4 Å². The summed E-state index contributed by atoms with van der Waals surface area (Å²) < 4.78 is 46.1. The lowest BCUT2D eigenvalue weighted by Crippen LogP contribution is -2.59. The van der Waals surface area contributed by atoms with E-state index in [9.17, 15) is 8.42 Å². The van der Waals surface area contributed by atoms with Gasteiger partial charge in [-0.3, -0.25) is 0 Å². The molecular formula is C24H34ClN3O6S. The molecule has 194 valence electrons. The summed E-state index contributed by atoms with van der Waals surface area (Å²) in [5.41, 5.74) is 2.84. The molecule has 0 aliphatic carbocycles. The zero-order chi connectivity index (χ0) is 25.4. The van der Waals surface area contributed by atoms with Crippen LogP contribution in [0.4, 0.5) is 0 Å². The van der Waals surface area contributed by atoms with Crippen molar-refractivity contribution >= 4 is 21.6 Å². The van der Waals surface area contributed by atoms with Crippen LogP contribution >= 0.6 is 11.6 Å². The number of hydroxylamine groups is 1. The molecule has 1 saturated heterocycles. The zero-order valence-electron chi connectivity index (χ0n) is 20.3. The molecule has 1 fully saturated rings. The van der Waals surface area contributed by atoms with Gasteiger partial charge in [0.2, 0.25) is 10.0 Å². The average molecular weight is 528 g/mol. The number of benzene rings is 2. The van der Waals surface area contributed by atoms with Crippen molar-refractivity contribution in [1.29, 1.82) is 0 Å². The van der Waals surface area contributed by atoms with E-state index < -0.39 is 22.2 Å². The maximum Gasteiger partial charge on any atom is 0.243 e. The molecular weight excluding hydrogens is 494 g/mol. The van der Waals surface area contributed by atoms with E-state index in [1.165, 1.54) is 4.31 Å². The predicted octanol–water partition coefficient (Wildman–Crippen LogP) is 2.97. The number of likely N-dealkylation sites (N-methyl/N-ethyl adjacent to an activating group) is 1. The van der Waals surface area contributed by atoms with Gasteiger partial charge in [-0.05, 0) is 62.5 Å². The van der Waals surface area contributed by atoms with Crippen LogP contribution in [0.25, 0.3) is 0 Å². The Balaban J connectivity index is 1.76. The van der Waals surface area contributed by atoms with E-state index in [1.807, 2.05) is 44.6 Å². The first-order chi connectivity index (χ1) is 16.7. The van der Waals surface area contributed by atoms with E-state index in [4.69, 9.17) is 31.0 Å². The van der Waals surface area contributed by atoms with Crippen LogP contribution in [0.5, 0.6) is 5.75 Å². The first-order valence-corrected chi connectivity index (χ1v) is 13.3. The molecule has 2 aromatic carbocycles. The molecule has 0 spiro atoms. The van der Waals surface area contributed by atoms with Crippen LogP contribution in [-0.4, -0.2) is 81.1 Å². The Morgan fingerprint density at radius 2 is 2.00 bits per heavy atom. The molecule has 9 nitrogen and oxygen atoms in total. The molecule has 11 heteroatoms. The summed E-state index contributed by atoms with van der Waals surface area (Å²) in [4.78, 5) is 2.25. The summed E-state index contributed by atoms with van der Waals surface area (Å²) in [6.07, 6.45) is -0.676. The highest BCUT2D eigenvalue weighted by Crippen LogP contribution is 2.28. The highest BCUT2D eigenvalue weighted by Gasteiger charge is 2.42. The van der Waals surface area contributed by atoms with Gasteiger partial charge in [0.1, 0.15) is 19.1 Å². The molecule has 0 amide bonds. The highest BCUT2D eigenvalue weighted by atomic mass is 35.5. The number of hydrogen-bond donors (Lipinski definition) is 2. The minimum atomic E-state index is -3.85. The average Bonchev–Trinajstić information content (AvgIpc) is 2.84. The van der Waals surface area contributed by atoms with Gasteiger partial charge in [0.25, 0.3) is 0 Å². The third kappa shape index (κ3) is 7.61. The number of ether oxygens (including phenoxy) is 3. The third-order valence-corrected chi connectivity index (χ3v) is 8.08. The van der Waals surface area contributed by atoms with Crippen molar-refractivity contribution in [2.45, 2.75) is 43.6 Å². The van der Waals surface area contributed by atoms with Crippen molar-refractivity contribution in [3.05, 3.63) is 59.1 Å². The Hall–Kier alpha value is -1.76. The molecule has 0 unspecified atom stereocenters. The standard InChI is InChI=1S/C24H34ClN3O6S/c1-4-27(3)13-22-14-28(24(18(2)34-22)16-32-17-26-29)35(30,31)23-10-8-21(9-11-23)33-15-19-6-5-7-20(25)12-19/h5-12,18,22,24,26,29H,4,13-17H2,1-3H3/t18-,22-,24-/m0/s1. The smallest absolute Gasteiger partial charge is 0.243 e. The third-order valence-electron chi connectivity index (χ3n) is 5.94. The van der Waals surface area contributed by atoms with Crippen LogP contribution < -0.4 is 10.2 Å². The van der Waals surface area contributed by atoms with Crippen molar-refractivity contribution in [1.82, 2.24) is 14.7 Å². The van der Waals surface area contributed by atoms with Gasteiger partial charge in [-0.1, -0.05) is 30.7 Å². The van der Waals surface area contributed by atoms with Crippen molar-refractivity contribution in [2.24, 2.45) is 0 Å². The normalized spacial score (nSPS) is 21.4. The fraction of sp³-hybridized carbons (Fsp3) is 0.500. The predicted molar refractivity (Wildman–Crippen MR) is 133 cm³/mol. The van der Waals surface area contributed by atoms with Crippen LogP contribution in [0.3, 0.4) is 0 Å². The van der Waals surface area contributed by atoms with Gasteiger partial charge in [-0.2, -0.15) is 9.79 Å². The van der Waals surface area contributed by atoms with Crippen molar-refractivity contribution < 1.29 is 27.8 Å². The van der Waals surface area contributed by atoms with Crippen LogP contribution in [0.15, 0.2) is 53.4 Å². The number of nitrogens with zero attached hydrogens (tertiary/aromatic N) is 2. The van der Waals surface area contributed by atoms with Crippen LogP contribution in [0, 0.1) is 0 Å². The fourth-order valence-electron chi connectivity index (χ4n) is 3.94. The van der Waals surface area contributed by atoms with Gasteiger partial charge in [0.15, 0.2) is 0 Å². The summed E-state index contributed by atoms with van der Waals surface area (Å²) in [5.74, 6) is 0.552. The molecule has 1 aliphatic heterocycles. The lowest BCUT2D eigenvalue weighted by Gasteiger charge is -2.43. The second kappa shape index (κ2) is 13.0. The molecule has 2 aromatic rings. The van der Waals surface area contributed by atoms with Gasteiger partial charge in [0, 0.05) is 18.1 Å². The Labute approximate surface area is 212 Å². The maximum absolute atomic E-state index is 13.7. The van der Waals surface area contributed by atoms with Crippen molar-refractivity contribution in [2.75, 3.05) is 40.0 Å². The van der Waals surface area contributed by atoms with E-state index in [0.29, 0.717) is 23.9 Å². The second-order valence-electron chi connectivity index (χ2n) is 8.52. The lowest BCUT2D eigenvalue weighted by atomic mass is 10.1. The first-order valence-electron chi connectivity index (χ1n) is 11.5. The van der Waals surface area contributed by atoms with Gasteiger partial charge < -0.3 is 24.3 Å². The quantitative estimate of drug-likeness (QED) is 0.247. The summed E-state index contributed by atoms with van der Waals surface area (Å²) >= 11 is 6.02. The summed E-state index contributed by atoms with van der Waals surface area (Å²) in [5, 5.41) is 9.46. The monoisotopic (exact) mass is 527 g/mol. The number of morpholine rings is 1. The largest absolute Gasteiger partial charge is 0.489 e. The Kier molecular flexibility index (Phi) is 10.3. The molecule has 0 saturated carbocycles. The minimum absolute atomic E-state index is 0.0745. The molecule has 35 heavy (non-hydrogen) atoms. The summed E-state index contributed by atoms with van der Waals surface area (Å²) in [6, 6.07) is 13.2. The lowest BCUT2D eigenvalue weighted by molar-refractivity contribution is -0.114. The number of hydrogen-bond acceptors (Lipinski definition) is 8.